The number of aromatic nitrogens is 2. The van der Waals surface area contributed by atoms with Gasteiger partial charge in [0.25, 0.3) is 12.0 Å². The fourth-order valence-electron chi connectivity index (χ4n) is 4.35. The number of alkyl halides is 2. The van der Waals surface area contributed by atoms with Crippen molar-refractivity contribution in [1.82, 2.24) is 14.6 Å². The summed E-state index contributed by atoms with van der Waals surface area (Å²) in [5.41, 5.74) is -5.91. The minimum Gasteiger partial charge on any atom is -0.462 e. The van der Waals surface area contributed by atoms with Crippen LogP contribution in [0.4, 0.5) is 13.2 Å². The van der Waals surface area contributed by atoms with Crippen molar-refractivity contribution in [2.45, 2.75) is 63.4 Å². The highest BCUT2D eigenvalue weighted by molar-refractivity contribution is 7.52. The van der Waals surface area contributed by atoms with Gasteiger partial charge >= 0.3 is 19.4 Å². The zero-order chi connectivity index (χ0) is 31.7. The lowest BCUT2D eigenvalue weighted by molar-refractivity contribution is -0.193. The summed E-state index contributed by atoms with van der Waals surface area (Å²) in [7, 11) is -4.83. The first kappa shape index (κ1) is 32.4. The first-order chi connectivity index (χ1) is 20.2. The number of nitrogens with zero attached hydrogens (tertiary/aromatic N) is 1. The zero-order valence-corrected chi connectivity index (χ0v) is 23.9. The van der Waals surface area contributed by atoms with E-state index in [-0.39, 0.29) is 10.3 Å². The van der Waals surface area contributed by atoms with Crippen LogP contribution in [-0.2, 0) is 23.4 Å². The summed E-state index contributed by atoms with van der Waals surface area (Å²) in [4.78, 5) is 37.7. The number of esters is 1. The van der Waals surface area contributed by atoms with Crippen LogP contribution in [0.2, 0.25) is 0 Å². The van der Waals surface area contributed by atoms with E-state index in [0.29, 0.717) is 17.0 Å². The molecule has 1 saturated heterocycles. The first-order valence-electron chi connectivity index (χ1n) is 12.9. The Kier molecular flexibility index (Phi) is 9.49. The van der Waals surface area contributed by atoms with Gasteiger partial charge in [0.15, 0.2) is 11.8 Å². The SMILES string of the molecule is CC(C)OC(=O)C(C)NP(=O)(OCC1(C(F)F)OC(n2cc(F)c(=O)[nH]c2=O)C(O)C1O)Oc1cccc2ccccc12. The second-order valence-corrected chi connectivity index (χ2v) is 11.7. The first-order valence-corrected chi connectivity index (χ1v) is 14.4. The monoisotopic (exact) mass is 631 g/mol. The van der Waals surface area contributed by atoms with Crippen molar-refractivity contribution in [2.75, 3.05) is 6.61 Å². The summed E-state index contributed by atoms with van der Waals surface area (Å²) in [5.74, 6) is -2.41. The van der Waals surface area contributed by atoms with Gasteiger partial charge in [-0.25, -0.2) is 18.1 Å². The van der Waals surface area contributed by atoms with Crippen molar-refractivity contribution in [3.63, 3.8) is 0 Å². The van der Waals surface area contributed by atoms with E-state index in [1.807, 2.05) is 0 Å². The predicted molar refractivity (Wildman–Crippen MR) is 144 cm³/mol. The summed E-state index contributed by atoms with van der Waals surface area (Å²) >= 11 is 0. The van der Waals surface area contributed by atoms with E-state index < -0.39 is 80.0 Å². The largest absolute Gasteiger partial charge is 0.462 e. The number of H-pyrrole nitrogens is 1. The second-order valence-electron chi connectivity index (χ2n) is 10.0. The number of benzene rings is 2. The number of hydrogen-bond acceptors (Lipinski definition) is 10. The fraction of sp³-hybridized carbons (Fsp3) is 0.423. The van der Waals surface area contributed by atoms with Gasteiger partial charge in [-0.2, -0.15) is 9.48 Å². The minimum atomic E-state index is -4.83. The number of aliphatic hydroxyl groups is 2. The van der Waals surface area contributed by atoms with Crippen LogP contribution in [0.1, 0.15) is 27.0 Å². The van der Waals surface area contributed by atoms with Gasteiger partial charge in [0, 0.05) is 5.39 Å². The smallest absolute Gasteiger partial charge is 0.459 e. The zero-order valence-electron chi connectivity index (χ0n) is 23.0. The molecule has 43 heavy (non-hydrogen) atoms. The number of ether oxygens (including phenoxy) is 2. The molecule has 4 N–H and O–H groups in total. The Morgan fingerprint density at radius 1 is 1.16 bits per heavy atom. The molecule has 6 unspecified atom stereocenters. The molecule has 0 aliphatic carbocycles. The van der Waals surface area contributed by atoms with Gasteiger partial charge in [0.1, 0.15) is 24.0 Å². The number of carbonyl (C=O) groups excluding carboxylic acids is 1. The molecule has 4 rings (SSSR count). The molecule has 6 atom stereocenters. The topological polar surface area (TPSA) is 178 Å². The normalized spacial score (nSPS) is 24.3. The van der Waals surface area contributed by atoms with E-state index in [1.165, 1.54) is 13.0 Å². The van der Waals surface area contributed by atoms with E-state index >= 15 is 0 Å². The summed E-state index contributed by atoms with van der Waals surface area (Å²) in [5, 5.41) is 24.7. The molecule has 1 aromatic heterocycles. The highest BCUT2D eigenvalue weighted by Gasteiger charge is 2.61. The van der Waals surface area contributed by atoms with Crippen LogP contribution in [0, 0.1) is 5.82 Å². The Morgan fingerprint density at radius 3 is 2.51 bits per heavy atom. The molecule has 2 heterocycles. The molecule has 13 nitrogen and oxygen atoms in total. The molecule has 1 aliphatic heterocycles. The van der Waals surface area contributed by atoms with Crippen LogP contribution in [0.15, 0.2) is 58.3 Å². The molecule has 2 aromatic carbocycles. The summed E-state index contributed by atoms with van der Waals surface area (Å²) in [6.07, 6.45) is -10.8. The Morgan fingerprint density at radius 2 is 1.84 bits per heavy atom. The third-order valence-corrected chi connectivity index (χ3v) is 8.12. The fourth-order valence-corrected chi connectivity index (χ4v) is 5.90. The van der Waals surface area contributed by atoms with Crippen molar-refractivity contribution in [2.24, 2.45) is 0 Å². The van der Waals surface area contributed by atoms with Crippen molar-refractivity contribution >= 4 is 24.5 Å². The summed E-state index contributed by atoms with van der Waals surface area (Å²) in [6.45, 7) is 2.97. The van der Waals surface area contributed by atoms with Crippen molar-refractivity contribution in [3.8, 4) is 5.75 Å². The number of halogens is 3. The average Bonchev–Trinajstić information content (AvgIpc) is 3.20. The molecule has 0 amide bonds. The molecule has 1 aliphatic rings. The molecular formula is C26H29F3N3O10P. The Hall–Kier alpha value is -3.53. The third kappa shape index (κ3) is 6.69. The molecule has 3 aromatic rings. The standard InChI is InChI=1S/C26H29F3N3O10P/c1-13(2)40-23(36)14(3)31-43(38,42-18-10-6-8-15-7-4-5-9-16(15)18)39-12-26(24(28)29)20(34)19(33)22(41-26)32-11-17(27)21(35)30-25(32)37/h4-11,13-14,19-20,22,24,33-34H,12H2,1-3H3,(H,31,38)(H,30,35,37). The van der Waals surface area contributed by atoms with Crippen LogP contribution >= 0.6 is 7.75 Å². The van der Waals surface area contributed by atoms with Crippen LogP contribution in [-0.4, -0.2) is 68.7 Å². The highest BCUT2D eigenvalue weighted by Crippen LogP contribution is 2.50. The van der Waals surface area contributed by atoms with Gasteiger partial charge in [-0.15, -0.1) is 0 Å². The van der Waals surface area contributed by atoms with Gasteiger partial charge in [0.05, 0.1) is 18.9 Å². The van der Waals surface area contributed by atoms with Gasteiger partial charge in [-0.1, -0.05) is 36.4 Å². The molecule has 0 bridgehead atoms. The molecule has 0 radical (unpaired) electrons. The van der Waals surface area contributed by atoms with E-state index in [4.69, 9.17) is 18.5 Å². The van der Waals surface area contributed by atoms with Crippen molar-refractivity contribution in [1.29, 1.82) is 0 Å². The maximum atomic E-state index is 14.6. The average molecular weight is 631 g/mol. The molecule has 17 heteroatoms. The van der Waals surface area contributed by atoms with Crippen LogP contribution in [0.25, 0.3) is 10.8 Å². The van der Waals surface area contributed by atoms with Gasteiger partial charge in [-0.05, 0) is 32.2 Å². The number of hydrogen-bond donors (Lipinski definition) is 4. The minimum absolute atomic E-state index is 0.0227. The van der Waals surface area contributed by atoms with Gasteiger partial charge in [-0.3, -0.25) is 23.7 Å². The molecule has 0 spiro atoms. The van der Waals surface area contributed by atoms with E-state index in [9.17, 15) is 42.3 Å². The van der Waals surface area contributed by atoms with Crippen LogP contribution < -0.4 is 20.9 Å². The number of fused-ring (bicyclic) bond motifs is 1. The third-order valence-electron chi connectivity index (χ3n) is 6.51. The second kappa shape index (κ2) is 12.6. The summed E-state index contributed by atoms with van der Waals surface area (Å²) < 4.78 is 78.7. The number of rotatable bonds is 11. The number of aromatic amines is 1. The Bertz CT molecular complexity index is 1650. The Balaban J connectivity index is 1.69. The number of aliphatic hydroxyl groups excluding tert-OH is 2. The lowest BCUT2D eigenvalue weighted by Crippen LogP contribution is -2.53. The van der Waals surface area contributed by atoms with Crippen molar-refractivity contribution in [3.05, 3.63) is 75.3 Å². The van der Waals surface area contributed by atoms with Crippen LogP contribution in [0.5, 0.6) is 5.75 Å². The molecule has 234 valence electrons. The maximum absolute atomic E-state index is 14.6. The van der Waals surface area contributed by atoms with Crippen molar-refractivity contribution < 1.29 is 51.3 Å². The maximum Gasteiger partial charge on any atom is 0.459 e. The lowest BCUT2D eigenvalue weighted by Gasteiger charge is -2.32. The number of nitrogens with one attached hydrogen (secondary N) is 2. The lowest BCUT2D eigenvalue weighted by atomic mass is 9.96. The van der Waals surface area contributed by atoms with Gasteiger partial charge < -0.3 is 24.2 Å². The summed E-state index contributed by atoms with van der Waals surface area (Å²) in [6, 6.07) is 10.1. The molecule has 1 fully saturated rings. The van der Waals surface area contributed by atoms with Gasteiger partial charge in [0.2, 0.25) is 5.82 Å². The predicted octanol–water partition coefficient (Wildman–Crippen LogP) is 2.22. The Labute approximate surface area is 241 Å². The highest BCUT2D eigenvalue weighted by atomic mass is 31.2. The van der Waals surface area contributed by atoms with Crippen LogP contribution in [0.3, 0.4) is 0 Å². The quantitative estimate of drug-likeness (QED) is 0.180. The van der Waals surface area contributed by atoms with E-state index in [2.05, 4.69) is 5.09 Å². The molecular weight excluding hydrogens is 602 g/mol. The van der Waals surface area contributed by atoms with E-state index in [0.717, 1.165) is 0 Å². The molecule has 0 saturated carbocycles. The number of carbonyl (C=O) groups is 1. The van der Waals surface area contributed by atoms with E-state index in [1.54, 1.807) is 55.2 Å².